The van der Waals surface area contributed by atoms with E-state index in [0.717, 1.165) is 5.56 Å². The van der Waals surface area contributed by atoms with Crippen LogP contribution in [0.5, 0.6) is 0 Å². The first-order chi connectivity index (χ1) is 8.77. The Kier molecular flexibility index (Phi) is 6.87. The summed E-state index contributed by atoms with van der Waals surface area (Å²) in [5.74, 6) is -0.342. The molecule has 94 valence electrons. The lowest BCUT2D eigenvalue weighted by Crippen LogP contribution is -2.23. The Morgan fingerprint density at radius 1 is 1.39 bits per heavy atom. The second-order valence-corrected chi connectivity index (χ2v) is 3.82. The smallest absolute Gasteiger partial charge is 0.330 e. The summed E-state index contributed by atoms with van der Waals surface area (Å²) >= 11 is 4.65. The number of hydrogen-bond donors (Lipinski definition) is 0. The second-order valence-electron chi connectivity index (χ2n) is 3.55. The third kappa shape index (κ3) is 5.19. The summed E-state index contributed by atoms with van der Waals surface area (Å²) in [5, 5.41) is 1.48. The van der Waals surface area contributed by atoms with Crippen LogP contribution in [0.25, 0.3) is 0 Å². The van der Waals surface area contributed by atoms with Crippen LogP contribution in [-0.4, -0.2) is 30.7 Å². The van der Waals surface area contributed by atoms with Gasteiger partial charge in [0.2, 0.25) is 0 Å². The summed E-state index contributed by atoms with van der Waals surface area (Å²) in [6, 6.07) is 9.18. The minimum Gasteiger partial charge on any atom is -0.467 e. The fourth-order valence-electron chi connectivity index (χ4n) is 1.42. The van der Waals surface area contributed by atoms with Crippen LogP contribution >= 0.6 is 12.2 Å². The number of nitrogens with zero attached hydrogens (tertiary/aromatic N) is 1. The molecule has 4 heteroatoms. The number of thiocarbonyl (C=S) groups is 1. The minimum atomic E-state index is -0.521. The number of ether oxygens (including phenoxy) is 1. The van der Waals surface area contributed by atoms with Crippen molar-refractivity contribution in [1.29, 1.82) is 0 Å². The van der Waals surface area contributed by atoms with E-state index in [4.69, 9.17) is 4.74 Å². The van der Waals surface area contributed by atoms with E-state index in [0.29, 0.717) is 6.42 Å². The van der Waals surface area contributed by atoms with Crippen molar-refractivity contribution in [2.24, 2.45) is 4.99 Å². The molecule has 0 saturated carbocycles. The van der Waals surface area contributed by atoms with E-state index in [1.54, 1.807) is 19.1 Å². The molecule has 1 rings (SSSR count). The monoisotopic (exact) mass is 261 g/mol. The van der Waals surface area contributed by atoms with Gasteiger partial charge in [0.25, 0.3) is 0 Å². The standard InChI is InChI=1S/C14H15NO2S/c1-17-14(16)13(15-9-5-6-10-18)11-12-7-3-2-4-8-12/h2-10,13H,11H2,1H3. The second kappa shape index (κ2) is 8.53. The lowest BCUT2D eigenvalue weighted by Gasteiger charge is -2.09. The first-order valence-corrected chi connectivity index (χ1v) is 6.00. The minimum absolute atomic E-state index is 0.342. The SMILES string of the molecule is COC(=O)C(Cc1ccccc1)N=C[CH][CH]C=S. The van der Waals surface area contributed by atoms with Gasteiger partial charge in [-0.25, -0.2) is 4.79 Å². The molecular weight excluding hydrogens is 246 g/mol. The summed E-state index contributed by atoms with van der Waals surface area (Å²) in [6.07, 6.45) is 5.45. The third-order valence-electron chi connectivity index (χ3n) is 2.29. The topological polar surface area (TPSA) is 38.7 Å². The molecule has 0 aliphatic heterocycles. The summed E-state index contributed by atoms with van der Waals surface area (Å²) in [5.41, 5.74) is 1.05. The lowest BCUT2D eigenvalue weighted by atomic mass is 10.1. The maximum absolute atomic E-state index is 11.6. The molecule has 1 atom stereocenters. The first-order valence-electron chi connectivity index (χ1n) is 5.53. The van der Waals surface area contributed by atoms with Gasteiger partial charge in [0.15, 0.2) is 6.04 Å². The van der Waals surface area contributed by atoms with E-state index < -0.39 is 6.04 Å². The molecule has 0 spiro atoms. The van der Waals surface area contributed by atoms with Gasteiger partial charge in [-0.05, 0) is 10.9 Å². The molecular formula is C14H15NO2S. The maximum atomic E-state index is 11.6. The van der Waals surface area contributed by atoms with Crippen LogP contribution in [0.1, 0.15) is 5.56 Å². The highest BCUT2D eigenvalue weighted by Gasteiger charge is 2.17. The molecule has 0 aliphatic carbocycles. The summed E-state index contributed by atoms with van der Waals surface area (Å²) in [6.45, 7) is 0. The van der Waals surface area contributed by atoms with Gasteiger partial charge in [0.05, 0.1) is 7.11 Å². The Labute approximate surface area is 113 Å². The van der Waals surface area contributed by atoms with Crippen LogP contribution in [-0.2, 0) is 16.0 Å². The molecule has 0 saturated heterocycles. The molecule has 0 aliphatic rings. The summed E-state index contributed by atoms with van der Waals surface area (Å²) in [4.78, 5) is 15.8. The molecule has 2 radical (unpaired) electrons. The van der Waals surface area contributed by atoms with Gasteiger partial charge < -0.3 is 4.74 Å². The van der Waals surface area contributed by atoms with Crippen molar-refractivity contribution in [3.8, 4) is 0 Å². The summed E-state index contributed by atoms with van der Waals surface area (Å²) in [7, 11) is 1.36. The molecule has 0 heterocycles. The number of unbranched alkanes of at least 4 members (excludes halogenated alkanes) is 1. The van der Waals surface area contributed by atoms with Crippen molar-refractivity contribution in [2.45, 2.75) is 12.5 Å². The van der Waals surface area contributed by atoms with Crippen LogP contribution in [0, 0.1) is 12.8 Å². The third-order valence-corrected chi connectivity index (χ3v) is 2.44. The lowest BCUT2D eigenvalue weighted by molar-refractivity contribution is -0.142. The van der Waals surface area contributed by atoms with Crippen molar-refractivity contribution >= 4 is 29.8 Å². The normalized spacial score (nSPS) is 12.3. The zero-order valence-electron chi connectivity index (χ0n) is 10.2. The van der Waals surface area contributed by atoms with Crippen LogP contribution in [0.2, 0.25) is 0 Å². The molecule has 0 fully saturated rings. The number of esters is 1. The van der Waals surface area contributed by atoms with E-state index in [1.807, 2.05) is 30.3 Å². The van der Waals surface area contributed by atoms with Gasteiger partial charge in [-0.1, -0.05) is 42.5 Å². The van der Waals surface area contributed by atoms with E-state index in [-0.39, 0.29) is 5.97 Å². The van der Waals surface area contributed by atoms with Crippen LogP contribution in [0.4, 0.5) is 0 Å². The van der Waals surface area contributed by atoms with Crippen LogP contribution in [0.15, 0.2) is 35.3 Å². The number of benzene rings is 1. The Balaban J connectivity index is 2.64. The zero-order valence-corrected chi connectivity index (χ0v) is 11.0. The van der Waals surface area contributed by atoms with Gasteiger partial charge in [0, 0.05) is 25.5 Å². The number of rotatable bonds is 7. The quantitative estimate of drug-likeness (QED) is 0.327. The van der Waals surface area contributed by atoms with Crippen molar-refractivity contribution in [1.82, 2.24) is 0 Å². The number of aliphatic imine (C=N–C) groups is 1. The van der Waals surface area contributed by atoms with Crippen molar-refractivity contribution in [3.05, 3.63) is 48.7 Å². The predicted octanol–water partition coefficient (Wildman–Crippen LogP) is 2.25. The highest BCUT2D eigenvalue weighted by Crippen LogP contribution is 2.07. The van der Waals surface area contributed by atoms with E-state index >= 15 is 0 Å². The van der Waals surface area contributed by atoms with Crippen molar-refractivity contribution in [3.63, 3.8) is 0 Å². The number of carbonyl (C=O) groups is 1. The van der Waals surface area contributed by atoms with E-state index in [1.165, 1.54) is 12.5 Å². The van der Waals surface area contributed by atoms with E-state index in [2.05, 4.69) is 17.2 Å². The Morgan fingerprint density at radius 3 is 2.72 bits per heavy atom. The van der Waals surface area contributed by atoms with Crippen LogP contribution in [0.3, 0.4) is 0 Å². The Hall–Kier alpha value is -1.55. The maximum Gasteiger partial charge on any atom is 0.330 e. The van der Waals surface area contributed by atoms with Gasteiger partial charge >= 0.3 is 5.97 Å². The molecule has 1 aromatic carbocycles. The van der Waals surface area contributed by atoms with Crippen LogP contribution < -0.4 is 0 Å². The average Bonchev–Trinajstić information content (AvgIpc) is 2.42. The summed E-state index contributed by atoms with van der Waals surface area (Å²) < 4.78 is 4.74. The largest absolute Gasteiger partial charge is 0.467 e. The Morgan fingerprint density at radius 2 is 2.11 bits per heavy atom. The average molecular weight is 261 g/mol. The molecule has 0 N–H and O–H groups in total. The van der Waals surface area contributed by atoms with E-state index in [9.17, 15) is 4.79 Å². The highest BCUT2D eigenvalue weighted by molar-refractivity contribution is 7.79. The molecule has 0 bridgehead atoms. The fourth-order valence-corrected chi connectivity index (χ4v) is 1.51. The number of carbonyl (C=O) groups excluding carboxylic acids is 1. The zero-order chi connectivity index (χ0) is 13.2. The first kappa shape index (κ1) is 14.5. The molecule has 1 unspecified atom stereocenters. The Bertz CT molecular complexity index is 404. The van der Waals surface area contributed by atoms with Crippen molar-refractivity contribution < 1.29 is 9.53 Å². The molecule has 0 amide bonds. The number of hydrogen-bond acceptors (Lipinski definition) is 4. The number of methoxy groups -OCH3 is 1. The molecule has 18 heavy (non-hydrogen) atoms. The van der Waals surface area contributed by atoms with Gasteiger partial charge in [0.1, 0.15) is 0 Å². The van der Waals surface area contributed by atoms with Gasteiger partial charge in [-0.3, -0.25) is 4.99 Å². The van der Waals surface area contributed by atoms with Gasteiger partial charge in [-0.2, -0.15) is 0 Å². The fraction of sp³-hybridized carbons (Fsp3) is 0.214. The van der Waals surface area contributed by atoms with Gasteiger partial charge in [-0.15, -0.1) is 0 Å². The molecule has 1 aromatic rings. The molecule has 0 aromatic heterocycles. The van der Waals surface area contributed by atoms with Crippen molar-refractivity contribution in [2.75, 3.05) is 7.11 Å². The molecule has 3 nitrogen and oxygen atoms in total. The predicted molar refractivity (Wildman–Crippen MR) is 76.7 cm³/mol. The highest BCUT2D eigenvalue weighted by atomic mass is 32.1.